The zero-order valence-corrected chi connectivity index (χ0v) is 19.2. The van der Waals surface area contributed by atoms with Gasteiger partial charge in [0.2, 0.25) is 0 Å². The van der Waals surface area contributed by atoms with Crippen molar-refractivity contribution in [3.05, 3.63) is 23.8 Å². The van der Waals surface area contributed by atoms with Gasteiger partial charge in [-0.25, -0.2) is 0 Å². The van der Waals surface area contributed by atoms with Crippen LogP contribution >= 0.6 is 0 Å². The van der Waals surface area contributed by atoms with Crippen LogP contribution in [0.5, 0.6) is 0 Å². The predicted octanol–water partition coefficient (Wildman–Crippen LogP) is 3.93. The molecule has 5 heteroatoms. The van der Waals surface area contributed by atoms with Crippen molar-refractivity contribution in [1.29, 1.82) is 0 Å². The number of hydrogen-bond donors (Lipinski definition) is 2. The van der Waals surface area contributed by atoms with Gasteiger partial charge in [-0.2, -0.15) is 0 Å². The Morgan fingerprint density at radius 3 is 2.87 bits per heavy atom. The Balaban J connectivity index is 1.65. The molecule has 5 heterocycles. The maximum Gasteiger partial charge on any atom is 0.306 e. The molecule has 31 heavy (non-hydrogen) atoms. The summed E-state index contributed by atoms with van der Waals surface area (Å²) < 4.78 is 12.9. The lowest BCUT2D eigenvalue weighted by Gasteiger charge is -2.60. The third kappa shape index (κ3) is 2.88. The quantitative estimate of drug-likeness (QED) is 0.511. The van der Waals surface area contributed by atoms with E-state index in [1.807, 2.05) is 0 Å². The van der Waals surface area contributed by atoms with E-state index in [4.69, 9.17) is 9.47 Å². The largest absolute Gasteiger partial charge is 0.456 e. The van der Waals surface area contributed by atoms with Crippen molar-refractivity contribution in [2.45, 2.75) is 96.1 Å². The molecule has 0 aromatic carbocycles. The van der Waals surface area contributed by atoms with Crippen LogP contribution in [0.1, 0.15) is 72.1 Å². The maximum atomic E-state index is 13.0. The lowest BCUT2D eigenvalue weighted by Crippen LogP contribution is -2.64. The number of aliphatic hydroxyl groups is 2. The SMILES string of the molecule is CCCCC(=O)O[C@]12CC[C@H]3[C@@H]4CCC5=CC(C=C[C@]5(C)[C@H]4[C@@H](O)C[C@@]31C)OC2CO. The van der Waals surface area contributed by atoms with Crippen LogP contribution in [0.4, 0.5) is 0 Å². The summed E-state index contributed by atoms with van der Waals surface area (Å²) in [4.78, 5) is 13.0. The molecule has 172 valence electrons. The van der Waals surface area contributed by atoms with Gasteiger partial charge in [0, 0.05) is 23.2 Å². The molecule has 0 aromatic rings. The number of aliphatic hydroxyl groups excluding tert-OH is 2. The molecule has 9 atom stereocenters. The first-order valence-electron chi connectivity index (χ1n) is 12.4. The molecule has 3 fully saturated rings. The highest BCUT2D eigenvalue weighted by Crippen LogP contribution is 2.69. The fraction of sp³-hybridized carbons (Fsp3) is 0.808. The third-order valence-corrected chi connectivity index (χ3v) is 9.80. The van der Waals surface area contributed by atoms with Crippen molar-refractivity contribution in [2.24, 2.45) is 28.6 Å². The van der Waals surface area contributed by atoms with E-state index < -0.39 is 23.2 Å². The Hall–Kier alpha value is -1.17. The van der Waals surface area contributed by atoms with Gasteiger partial charge < -0.3 is 19.7 Å². The number of unbranched alkanes of at least 4 members (excludes halogenated alkanes) is 1. The summed E-state index contributed by atoms with van der Waals surface area (Å²) in [5.74, 6) is 0.707. The van der Waals surface area contributed by atoms with Crippen LogP contribution < -0.4 is 0 Å². The molecular formula is C26H38O5. The number of carbonyl (C=O) groups excluding carboxylic acids is 1. The van der Waals surface area contributed by atoms with Gasteiger partial charge in [-0.05, 0) is 50.4 Å². The number of allylic oxidation sites excluding steroid dienone is 2. The number of carbonyl (C=O) groups is 1. The van der Waals surface area contributed by atoms with Gasteiger partial charge in [-0.1, -0.05) is 51.0 Å². The summed E-state index contributed by atoms with van der Waals surface area (Å²) in [6.07, 6.45) is 11.7. The molecule has 0 spiro atoms. The Morgan fingerprint density at radius 2 is 2.13 bits per heavy atom. The van der Waals surface area contributed by atoms with Gasteiger partial charge in [0.1, 0.15) is 11.7 Å². The van der Waals surface area contributed by atoms with Gasteiger partial charge in [-0.15, -0.1) is 0 Å². The fourth-order valence-corrected chi connectivity index (χ4v) is 8.37. The molecule has 2 unspecified atom stereocenters. The zero-order valence-electron chi connectivity index (χ0n) is 19.2. The van der Waals surface area contributed by atoms with Crippen LogP contribution in [0, 0.1) is 28.6 Å². The fourth-order valence-electron chi connectivity index (χ4n) is 8.37. The molecule has 0 amide bonds. The molecule has 9 rings (SSSR count). The van der Waals surface area contributed by atoms with E-state index in [0.717, 1.165) is 32.1 Å². The molecule has 3 saturated carbocycles. The second-order valence-corrected chi connectivity index (χ2v) is 11.1. The Bertz CT molecular complexity index is 804. The van der Waals surface area contributed by atoms with Gasteiger partial charge in [0.15, 0.2) is 0 Å². The lowest BCUT2D eigenvalue weighted by molar-refractivity contribution is -0.234. The second-order valence-electron chi connectivity index (χ2n) is 11.1. The van der Waals surface area contributed by atoms with Crippen LogP contribution in [-0.4, -0.2) is 46.7 Å². The molecular weight excluding hydrogens is 392 g/mol. The molecule has 4 aliphatic carbocycles. The molecule has 5 aliphatic heterocycles. The Kier molecular flexibility index (Phi) is 5.19. The number of fused-ring (bicyclic) bond motifs is 1. The van der Waals surface area contributed by atoms with Crippen LogP contribution in [0.2, 0.25) is 0 Å². The summed E-state index contributed by atoms with van der Waals surface area (Å²) in [6.45, 7) is 6.35. The minimum atomic E-state index is -0.906. The first kappa shape index (κ1) is 21.7. The molecule has 8 bridgehead atoms. The minimum absolute atomic E-state index is 0.147. The smallest absolute Gasteiger partial charge is 0.306 e. The van der Waals surface area contributed by atoms with E-state index in [0.29, 0.717) is 31.1 Å². The molecule has 0 saturated heterocycles. The zero-order chi connectivity index (χ0) is 22.0. The maximum absolute atomic E-state index is 13.0. The van der Waals surface area contributed by atoms with E-state index in [1.165, 1.54) is 5.57 Å². The highest BCUT2D eigenvalue weighted by molar-refractivity contribution is 5.70. The first-order valence-corrected chi connectivity index (χ1v) is 12.4. The van der Waals surface area contributed by atoms with Crippen molar-refractivity contribution in [2.75, 3.05) is 6.61 Å². The average molecular weight is 431 g/mol. The van der Waals surface area contributed by atoms with Crippen LogP contribution in [0.15, 0.2) is 23.8 Å². The van der Waals surface area contributed by atoms with Gasteiger partial charge >= 0.3 is 5.97 Å². The molecule has 0 aromatic heterocycles. The molecule has 5 nitrogen and oxygen atoms in total. The van der Waals surface area contributed by atoms with Gasteiger partial charge in [0.25, 0.3) is 0 Å². The van der Waals surface area contributed by atoms with Crippen LogP contribution in [-0.2, 0) is 14.3 Å². The van der Waals surface area contributed by atoms with Crippen molar-refractivity contribution >= 4 is 5.97 Å². The van der Waals surface area contributed by atoms with E-state index >= 15 is 0 Å². The summed E-state index contributed by atoms with van der Waals surface area (Å²) in [7, 11) is 0. The second kappa shape index (κ2) is 7.43. The van der Waals surface area contributed by atoms with E-state index in [1.54, 1.807) is 0 Å². The van der Waals surface area contributed by atoms with E-state index in [2.05, 4.69) is 39.0 Å². The average Bonchev–Trinajstić information content (AvgIpc) is 3.00. The summed E-state index contributed by atoms with van der Waals surface area (Å²) >= 11 is 0. The van der Waals surface area contributed by atoms with Gasteiger partial charge in [-0.3, -0.25) is 4.79 Å². The number of hydrogen-bond acceptors (Lipinski definition) is 5. The third-order valence-electron chi connectivity index (χ3n) is 9.80. The molecule has 9 aliphatic rings. The highest BCUT2D eigenvalue weighted by Gasteiger charge is 2.70. The van der Waals surface area contributed by atoms with Crippen LogP contribution in [0.3, 0.4) is 0 Å². The molecule has 2 N–H and O–H groups in total. The van der Waals surface area contributed by atoms with E-state index in [9.17, 15) is 15.0 Å². The van der Waals surface area contributed by atoms with Crippen LogP contribution in [0.25, 0.3) is 0 Å². The monoisotopic (exact) mass is 430 g/mol. The summed E-state index contributed by atoms with van der Waals surface area (Å²) in [6, 6.07) is 0. The van der Waals surface area contributed by atoms with E-state index in [-0.39, 0.29) is 30.0 Å². The molecule has 0 radical (unpaired) electrons. The topological polar surface area (TPSA) is 76.0 Å². The van der Waals surface area contributed by atoms with Crippen molar-refractivity contribution in [1.82, 2.24) is 0 Å². The Morgan fingerprint density at radius 1 is 1.32 bits per heavy atom. The minimum Gasteiger partial charge on any atom is -0.456 e. The highest BCUT2D eigenvalue weighted by atomic mass is 16.6. The number of rotatable bonds is 5. The lowest BCUT2D eigenvalue weighted by atomic mass is 9.46. The standard InChI is InChI=1S/C26H38O5/c1-4-5-6-22(29)31-26-12-10-19-18-8-7-16-13-17(30-21(26)15-27)9-11-24(16,2)23(18)20(28)14-25(19,26)3/h9,11,13,17-21,23,27-28H,4-8,10,12,14-15H2,1-3H3/t17?,18-,19-,20-,21?,23+,24-,25-,26-/m0/s1. The summed E-state index contributed by atoms with van der Waals surface area (Å²) in [5, 5.41) is 22.1. The normalized spacial score (nSPS) is 49.8. The number of ether oxygens (including phenoxy) is 2. The van der Waals surface area contributed by atoms with Crippen molar-refractivity contribution < 1.29 is 24.5 Å². The first-order chi connectivity index (χ1) is 14.8. The summed E-state index contributed by atoms with van der Waals surface area (Å²) in [5.41, 5.74) is -0.115. The number of esters is 1. The van der Waals surface area contributed by atoms with Gasteiger partial charge in [0.05, 0.1) is 18.8 Å². The predicted molar refractivity (Wildman–Crippen MR) is 117 cm³/mol. The van der Waals surface area contributed by atoms with Crippen molar-refractivity contribution in [3.63, 3.8) is 0 Å². The Labute approximate surface area is 185 Å². The van der Waals surface area contributed by atoms with Crippen molar-refractivity contribution in [3.8, 4) is 0 Å².